The summed E-state index contributed by atoms with van der Waals surface area (Å²) in [5, 5.41) is 10.4. The van der Waals surface area contributed by atoms with Gasteiger partial charge in [0.05, 0.1) is 18.8 Å². The van der Waals surface area contributed by atoms with Crippen molar-refractivity contribution in [3.8, 4) is 0 Å². The van der Waals surface area contributed by atoms with Crippen LogP contribution in [0.4, 0.5) is 5.69 Å². The van der Waals surface area contributed by atoms with Crippen molar-refractivity contribution in [1.29, 1.82) is 0 Å². The quantitative estimate of drug-likeness (QED) is 0.706. The zero-order valence-corrected chi connectivity index (χ0v) is 19.0. The number of aromatic nitrogens is 3. The van der Waals surface area contributed by atoms with Gasteiger partial charge in [-0.05, 0) is 38.7 Å². The molecular weight excluding hydrogens is 394 g/mol. The highest BCUT2D eigenvalue weighted by atomic mass is 16.5. The van der Waals surface area contributed by atoms with Crippen LogP contribution in [0.1, 0.15) is 63.3 Å². The first-order valence-electron chi connectivity index (χ1n) is 10.9. The molecule has 31 heavy (non-hydrogen) atoms. The molecule has 0 saturated carbocycles. The van der Waals surface area contributed by atoms with E-state index in [9.17, 15) is 9.59 Å². The minimum absolute atomic E-state index is 0.0339. The van der Waals surface area contributed by atoms with Gasteiger partial charge in [-0.15, -0.1) is 0 Å². The van der Waals surface area contributed by atoms with E-state index in [4.69, 9.17) is 4.74 Å². The molecule has 1 fully saturated rings. The predicted molar refractivity (Wildman–Crippen MR) is 118 cm³/mol. The van der Waals surface area contributed by atoms with E-state index in [2.05, 4.69) is 34.6 Å². The third kappa shape index (κ3) is 6.13. The van der Waals surface area contributed by atoms with Gasteiger partial charge in [-0.25, -0.2) is 9.67 Å². The molecule has 0 unspecified atom stereocenters. The summed E-state index contributed by atoms with van der Waals surface area (Å²) in [5.74, 6) is 1.70. The third-order valence-electron chi connectivity index (χ3n) is 5.60. The lowest BCUT2D eigenvalue weighted by Crippen LogP contribution is -2.43. The Morgan fingerprint density at radius 1 is 1.23 bits per heavy atom. The largest absolute Gasteiger partial charge is 0.370 e. The lowest BCUT2D eigenvalue weighted by molar-refractivity contribution is -0.123. The number of benzene rings is 1. The topological polar surface area (TPSA) is 98.1 Å². The van der Waals surface area contributed by atoms with E-state index >= 15 is 0 Å². The summed E-state index contributed by atoms with van der Waals surface area (Å²) in [6, 6.07) is 7.78. The standard InChI is InChI=1S/C23H33N5O3/c1-14(2)21-12-18(25-17(5)29)13-22(31-21)19-8-6-7-9-20(19)26-23(30)10-11-28-16(4)24-15(3)27-28/h6-9,14,18,21-22H,10-13H2,1-5H3,(H,25,29)(H,26,30)/t18-,21-,22+/m1/s1. The molecule has 2 N–H and O–H groups in total. The second kappa shape index (κ2) is 10.0. The maximum atomic E-state index is 12.7. The van der Waals surface area contributed by atoms with Crippen LogP contribution in [0, 0.1) is 19.8 Å². The number of ether oxygens (including phenoxy) is 1. The van der Waals surface area contributed by atoms with Crippen molar-refractivity contribution >= 4 is 17.5 Å². The van der Waals surface area contributed by atoms with Crippen LogP contribution in [0.15, 0.2) is 24.3 Å². The van der Waals surface area contributed by atoms with Crippen molar-refractivity contribution in [1.82, 2.24) is 20.1 Å². The van der Waals surface area contributed by atoms with E-state index < -0.39 is 0 Å². The first kappa shape index (κ1) is 22.9. The Balaban J connectivity index is 1.71. The lowest BCUT2D eigenvalue weighted by atomic mass is 9.89. The van der Waals surface area contributed by atoms with Gasteiger partial charge in [0.1, 0.15) is 11.6 Å². The van der Waals surface area contributed by atoms with Gasteiger partial charge in [0.15, 0.2) is 0 Å². The molecule has 1 aromatic heterocycles. The predicted octanol–water partition coefficient (Wildman–Crippen LogP) is 3.30. The monoisotopic (exact) mass is 427 g/mol. The molecule has 3 rings (SSSR count). The van der Waals surface area contributed by atoms with Gasteiger partial charge in [0.2, 0.25) is 11.8 Å². The van der Waals surface area contributed by atoms with E-state index in [1.165, 1.54) is 0 Å². The van der Waals surface area contributed by atoms with Crippen molar-refractivity contribution in [2.75, 3.05) is 5.32 Å². The van der Waals surface area contributed by atoms with Crippen LogP contribution in [0.25, 0.3) is 0 Å². The first-order chi connectivity index (χ1) is 14.7. The fourth-order valence-corrected chi connectivity index (χ4v) is 4.08. The van der Waals surface area contributed by atoms with E-state index in [-0.39, 0.29) is 30.1 Å². The van der Waals surface area contributed by atoms with Crippen LogP contribution >= 0.6 is 0 Å². The molecule has 1 aliphatic heterocycles. The molecular formula is C23H33N5O3. The van der Waals surface area contributed by atoms with Crippen molar-refractivity contribution < 1.29 is 14.3 Å². The highest BCUT2D eigenvalue weighted by Crippen LogP contribution is 2.37. The van der Waals surface area contributed by atoms with E-state index in [0.29, 0.717) is 31.1 Å². The van der Waals surface area contributed by atoms with Crippen molar-refractivity contribution in [2.24, 2.45) is 5.92 Å². The van der Waals surface area contributed by atoms with Gasteiger partial charge in [-0.1, -0.05) is 32.0 Å². The molecule has 0 aliphatic carbocycles. The normalized spacial score (nSPS) is 21.2. The van der Waals surface area contributed by atoms with Gasteiger partial charge < -0.3 is 15.4 Å². The average Bonchev–Trinajstić information content (AvgIpc) is 3.03. The number of nitrogens with zero attached hydrogens (tertiary/aromatic N) is 3. The summed E-state index contributed by atoms with van der Waals surface area (Å²) >= 11 is 0. The van der Waals surface area contributed by atoms with Crippen LogP contribution in [-0.4, -0.2) is 38.7 Å². The van der Waals surface area contributed by atoms with Crippen LogP contribution in [-0.2, 0) is 20.9 Å². The molecule has 168 valence electrons. The van der Waals surface area contributed by atoms with Crippen molar-refractivity contribution in [2.45, 2.75) is 78.7 Å². The summed E-state index contributed by atoms with van der Waals surface area (Å²) in [7, 11) is 0. The number of hydrogen-bond donors (Lipinski definition) is 2. The molecule has 0 radical (unpaired) electrons. The summed E-state index contributed by atoms with van der Waals surface area (Å²) in [5.41, 5.74) is 1.68. The lowest BCUT2D eigenvalue weighted by Gasteiger charge is -2.38. The number of carbonyl (C=O) groups is 2. The Kier molecular flexibility index (Phi) is 7.43. The molecule has 1 aliphatic rings. The number of aryl methyl sites for hydroxylation is 3. The van der Waals surface area contributed by atoms with Crippen molar-refractivity contribution in [3.63, 3.8) is 0 Å². The summed E-state index contributed by atoms with van der Waals surface area (Å²) in [6.07, 6.45) is 1.60. The number of rotatable bonds is 7. The number of amides is 2. The zero-order valence-electron chi connectivity index (χ0n) is 19.0. The fraction of sp³-hybridized carbons (Fsp3) is 0.565. The van der Waals surface area contributed by atoms with Gasteiger partial charge in [-0.2, -0.15) is 5.10 Å². The molecule has 2 amide bonds. The summed E-state index contributed by atoms with van der Waals surface area (Å²) in [4.78, 5) is 28.6. The first-order valence-corrected chi connectivity index (χ1v) is 10.9. The van der Waals surface area contributed by atoms with E-state index in [1.54, 1.807) is 11.6 Å². The zero-order chi connectivity index (χ0) is 22.5. The second-order valence-corrected chi connectivity index (χ2v) is 8.59. The molecule has 0 spiro atoms. The van der Waals surface area contributed by atoms with Crippen LogP contribution in [0.5, 0.6) is 0 Å². The minimum Gasteiger partial charge on any atom is -0.370 e. The van der Waals surface area contributed by atoms with Crippen molar-refractivity contribution in [3.05, 3.63) is 41.5 Å². The molecule has 1 aromatic carbocycles. The number of hydrogen-bond acceptors (Lipinski definition) is 5. The maximum absolute atomic E-state index is 12.7. The highest BCUT2D eigenvalue weighted by molar-refractivity contribution is 5.91. The maximum Gasteiger partial charge on any atom is 0.226 e. The number of anilines is 1. The highest BCUT2D eigenvalue weighted by Gasteiger charge is 2.33. The Morgan fingerprint density at radius 2 is 1.97 bits per heavy atom. The number of nitrogens with one attached hydrogen (secondary N) is 2. The number of para-hydroxylation sites is 1. The minimum atomic E-state index is -0.199. The van der Waals surface area contributed by atoms with E-state index in [1.807, 2.05) is 38.1 Å². The van der Waals surface area contributed by atoms with Gasteiger partial charge in [0.25, 0.3) is 0 Å². The smallest absolute Gasteiger partial charge is 0.226 e. The van der Waals surface area contributed by atoms with Crippen LogP contribution in [0.2, 0.25) is 0 Å². The summed E-state index contributed by atoms with van der Waals surface area (Å²) in [6.45, 7) is 9.98. The van der Waals surface area contributed by atoms with Crippen LogP contribution < -0.4 is 10.6 Å². The van der Waals surface area contributed by atoms with Crippen LogP contribution in [0.3, 0.4) is 0 Å². The second-order valence-electron chi connectivity index (χ2n) is 8.59. The molecule has 8 nitrogen and oxygen atoms in total. The Hall–Kier alpha value is -2.74. The van der Waals surface area contributed by atoms with Gasteiger partial charge in [0, 0.05) is 30.6 Å². The Labute approximate surface area is 183 Å². The Morgan fingerprint density at radius 3 is 2.61 bits per heavy atom. The van der Waals surface area contributed by atoms with Gasteiger partial charge in [-0.3, -0.25) is 9.59 Å². The summed E-state index contributed by atoms with van der Waals surface area (Å²) < 4.78 is 8.14. The molecule has 8 heteroatoms. The number of carbonyl (C=O) groups excluding carboxylic acids is 2. The molecule has 1 saturated heterocycles. The molecule has 2 heterocycles. The van der Waals surface area contributed by atoms with Gasteiger partial charge >= 0.3 is 0 Å². The van der Waals surface area contributed by atoms with E-state index in [0.717, 1.165) is 23.5 Å². The SMILES string of the molecule is CC(=O)N[C@H]1C[C@@H](c2ccccc2NC(=O)CCn2nc(C)nc2C)O[C@@H](C(C)C)C1. The third-order valence-corrected chi connectivity index (χ3v) is 5.60. The molecule has 0 bridgehead atoms. The molecule has 3 atom stereocenters. The average molecular weight is 428 g/mol. The molecule has 2 aromatic rings. The fourth-order valence-electron chi connectivity index (χ4n) is 4.08. The Bertz CT molecular complexity index is 924.